The van der Waals surface area contributed by atoms with E-state index >= 15 is 0 Å². The van der Waals surface area contributed by atoms with Gasteiger partial charge in [-0.1, -0.05) is 104 Å². The average molecular weight is 500 g/mol. The Balaban J connectivity index is 1.58. The standard InChI is InChI=1S/C31H33NO3S/c1-2-22(20-27(23-12-6-3-7-13-23)24-14-8-4-9-15-24)26-18-19-28(31(35)36)32(21-26)30(34)29(33)25-16-10-5-11-17-25/h3-17,22,26-28H,2,18-21H2,1H3,(H,35,36). The van der Waals surface area contributed by atoms with Crippen molar-refractivity contribution < 1.29 is 14.4 Å². The van der Waals surface area contributed by atoms with Crippen molar-refractivity contribution in [2.45, 2.75) is 44.6 Å². The number of carbonyl (C=O) groups excluding carboxylic acids is 3. The zero-order valence-corrected chi connectivity index (χ0v) is 21.5. The lowest BCUT2D eigenvalue weighted by Crippen LogP contribution is -2.53. The largest absolute Gasteiger partial charge is 0.325 e. The van der Waals surface area contributed by atoms with Crippen LogP contribution in [0.2, 0.25) is 0 Å². The molecular weight excluding hydrogens is 466 g/mol. The zero-order chi connectivity index (χ0) is 25.5. The fourth-order valence-electron chi connectivity index (χ4n) is 5.54. The smallest absolute Gasteiger partial charge is 0.295 e. The van der Waals surface area contributed by atoms with Crippen LogP contribution < -0.4 is 0 Å². The second kappa shape index (κ2) is 12.2. The molecule has 1 amide bonds. The number of carbonyl (C=O) groups is 3. The topological polar surface area (TPSA) is 54.5 Å². The van der Waals surface area contributed by atoms with Crippen LogP contribution in [0.15, 0.2) is 91.0 Å². The number of ketones is 1. The number of Topliss-reactive ketones (excluding diaryl/α,β-unsaturated/α-hetero) is 1. The Hall–Kier alpha value is -3.18. The van der Waals surface area contributed by atoms with Gasteiger partial charge < -0.3 is 4.90 Å². The first-order valence-electron chi connectivity index (χ1n) is 12.7. The third-order valence-corrected chi connectivity index (χ3v) is 7.83. The van der Waals surface area contributed by atoms with E-state index in [1.165, 1.54) is 16.0 Å². The molecule has 1 aliphatic heterocycles. The summed E-state index contributed by atoms with van der Waals surface area (Å²) in [6.07, 6.45) is 3.24. The van der Waals surface area contributed by atoms with Crippen LogP contribution in [0.25, 0.3) is 0 Å². The highest BCUT2D eigenvalue weighted by molar-refractivity contribution is 7.96. The molecule has 186 valence electrons. The van der Waals surface area contributed by atoms with Crippen molar-refractivity contribution in [2.24, 2.45) is 11.8 Å². The van der Waals surface area contributed by atoms with Gasteiger partial charge in [-0.2, -0.15) is 0 Å². The monoisotopic (exact) mass is 499 g/mol. The maximum Gasteiger partial charge on any atom is 0.295 e. The Bertz CT molecular complexity index is 1130. The van der Waals surface area contributed by atoms with E-state index in [1.54, 1.807) is 30.3 Å². The fourth-order valence-corrected chi connectivity index (χ4v) is 5.81. The van der Waals surface area contributed by atoms with Gasteiger partial charge in [0.05, 0.1) is 0 Å². The molecule has 4 rings (SSSR count). The number of rotatable bonds is 9. The Morgan fingerprint density at radius 3 is 1.86 bits per heavy atom. The average Bonchev–Trinajstić information content (AvgIpc) is 2.94. The number of hydrogen-bond donors (Lipinski definition) is 1. The van der Waals surface area contributed by atoms with Gasteiger partial charge in [0.15, 0.2) is 0 Å². The molecule has 5 heteroatoms. The molecule has 0 N–H and O–H groups in total. The predicted octanol–water partition coefficient (Wildman–Crippen LogP) is 6.18. The van der Waals surface area contributed by atoms with Crippen molar-refractivity contribution in [1.82, 2.24) is 4.90 Å². The number of amides is 1. The molecule has 3 aromatic carbocycles. The van der Waals surface area contributed by atoms with Crippen LogP contribution in [0.1, 0.15) is 60.0 Å². The third-order valence-electron chi connectivity index (χ3n) is 7.53. The summed E-state index contributed by atoms with van der Waals surface area (Å²) >= 11 is 4.06. The first-order valence-corrected chi connectivity index (χ1v) is 13.2. The van der Waals surface area contributed by atoms with Crippen molar-refractivity contribution in [2.75, 3.05) is 6.54 Å². The highest BCUT2D eigenvalue weighted by Crippen LogP contribution is 2.39. The van der Waals surface area contributed by atoms with Gasteiger partial charge in [-0.15, -0.1) is 12.6 Å². The van der Waals surface area contributed by atoms with E-state index in [0.717, 1.165) is 19.3 Å². The van der Waals surface area contributed by atoms with Gasteiger partial charge in [0, 0.05) is 18.0 Å². The van der Waals surface area contributed by atoms with Gasteiger partial charge in [-0.25, -0.2) is 0 Å². The van der Waals surface area contributed by atoms with Crippen LogP contribution in [-0.4, -0.2) is 34.3 Å². The maximum absolute atomic E-state index is 13.3. The van der Waals surface area contributed by atoms with Crippen molar-refractivity contribution in [3.05, 3.63) is 108 Å². The van der Waals surface area contributed by atoms with E-state index in [1.807, 2.05) is 12.1 Å². The lowest BCUT2D eigenvalue weighted by Gasteiger charge is -2.41. The molecule has 0 bridgehead atoms. The first kappa shape index (κ1) is 25.9. The lowest BCUT2D eigenvalue weighted by atomic mass is 9.74. The molecule has 1 saturated heterocycles. The summed E-state index contributed by atoms with van der Waals surface area (Å²) in [6, 6.07) is 29.0. The molecule has 1 aliphatic rings. The minimum Gasteiger partial charge on any atom is -0.325 e. The Kier molecular flexibility index (Phi) is 8.76. The lowest BCUT2D eigenvalue weighted by molar-refractivity contribution is -0.136. The summed E-state index contributed by atoms with van der Waals surface area (Å²) in [5, 5.41) is -0.359. The van der Waals surface area contributed by atoms with Crippen LogP contribution in [0.4, 0.5) is 0 Å². The van der Waals surface area contributed by atoms with Crippen molar-refractivity contribution in [3.8, 4) is 0 Å². The Morgan fingerprint density at radius 2 is 1.36 bits per heavy atom. The summed E-state index contributed by atoms with van der Waals surface area (Å²) in [6.45, 7) is 2.58. The van der Waals surface area contributed by atoms with E-state index in [9.17, 15) is 14.4 Å². The van der Waals surface area contributed by atoms with Crippen LogP contribution >= 0.6 is 12.6 Å². The van der Waals surface area contributed by atoms with E-state index < -0.39 is 17.7 Å². The quantitative estimate of drug-likeness (QED) is 0.217. The van der Waals surface area contributed by atoms with Crippen molar-refractivity contribution >= 4 is 29.4 Å². The van der Waals surface area contributed by atoms with Crippen LogP contribution in [-0.2, 0) is 9.59 Å². The molecule has 0 radical (unpaired) electrons. The molecular formula is C31H33NO3S. The minimum absolute atomic E-state index is 0.196. The second-order valence-corrected chi connectivity index (χ2v) is 10.1. The molecule has 0 spiro atoms. The molecule has 0 saturated carbocycles. The first-order chi connectivity index (χ1) is 17.5. The highest BCUT2D eigenvalue weighted by Gasteiger charge is 2.40. The van der Waals surface area contributed by atoms with E-state index in [2.05, 4.69) is 68.1 Å². The maximum atomic E-state index is 13.3. The SMILES string of the molecule is CCC(CC(c1ccccc1)c1ccccc1)C1CCC(C(=O)S)N(C(=O)C(=O)c2ccccc2)C1. The number of piperidine rings is 1. The molecule has 4 nitrogen and oxygen atoms in total. The van der Waals surface area contributed by atoms with E-state index in [-0.39, 0.29) is 17.0 Å². The Morgan fingerprint density at radius 1 is 0.833 bits per heavy atom. The summed E-state index contributed by atoms with van der Waals surface area (Å²) in [5.41, 5.74) is 2.89. The summed E-state index contributed by atoms with van der Waals surface area (Å²) < 4.78 is 0. The Labute approximate surface area is 219 Å². The molecule has 3 atom stereocenters. The number of likely N-dealkylation sites (tertiary alicyclic amines) is 1. The van der Waals surface area contributed by atoms with Gasteiger partial charge >= 0.3 is 0 Å². The number of benzene rings is 3. The van der Waals surface area contributed by atoms with Gasteiger partial charge in [0.25, 0.3) is 5.91 Å². The third kappa shape index (κ3) is 5.96. The normalized spacial score (nSPS) is 18.6. The highest BCUT2D eigenvalue weighted by atomic mass is 32.1. The number of hydrogen-bond acceptors (Lipinski definition) is 3. The van der Waals surface area contributed by atoms with Crippen LogP contribution in [0.5, 0.6) is 0 Å². The zero-order valence-electron chi connectivity index (χ0n) is 20.6. The number of thiol groups is 1. The molecule has 3 aromatic rings. The van der Waals surface area contributed by atoms with Gasteiger partial charge in [0.2, 0.25) is 10.9 Å². The molecule has 1 fully saturated rings. The van der Waals surface area contributed by atoms with Gasteiger partial charge in [-0.05, 0) is 42.2 Å². The molecule has 0 aliphatic carbocycles. The number of nitrogens with zero attached hydrogens (tertiary/aromatic N) is 1. The van der Waals surface area contributed by atoms with Crippen LogP contribution in [0, 0.1) is 11.8 Å². The van der Waals surface area contributed by atoms with Gasteiger partial charge in [0.1, 0.15) is 6.04 Å². The molecule has 36 heavy (non-hydrogen) atoms. The van der Waals surface area contributed by atoms with Crippen molar-refractivity contribution in [1.29, 1.82) is 0 Å². The van der Waals surface area contributed by atoms with Gasteiger partial charge in [-0.3, -0.25) is 14.4 Å². The van der Waals surface area contributed by atoms with E-state index in [0.29, 0.717) is 24.4 Å². The van der Waals surface area contributed by atoms with E-state index in [4.69, 9.17) is 0 Å². The van der Waals surface area contributed by atoms with Crippen molar-refractivity contribution in [3.63, 3.8) is 0 Å². The molecule has 0 aromatic heterocycles. The molecule has 3 unspecified atom stereocenters. The predicted molar refractivity (Wildman–Crippen MR) is 146 cm³/mol. The summed E-state index contributed by atoms with van der Waals surface area (Å²) in [4.78, 5) is 40.1. The summed E-state index contributed by atoms with van der Waals surface area (Å²) in [7, 11) is 0. The fraction of sp³-hybridized carbons (Fsp3) is 0.323. The summed E-state index contributed by atoms with van der Waals surface area (Å²) in [5.74, 6) is -0.433. The van der Waals surface area contributed by atoms with Crippen LogP contribution in [0.3, 0.4) is 0 Å². The second-order valence-electron chi connectivity index (χ2n) is 9.62. The molecule has 1 heterocycles. The minimum atomic E-state index is -0.665.